The maximum Gasteiger partial charge on any atom is 0.119 e. The van der Waals surface area contributed by atoms with Crippen LogP contribution in [0.25, 0.3) is 0 Å². The van der Waals surface area contributed by atoms with E-state index in [0.717, 1.165) is 32.2 Å². The summed E-state index contributed by atoms with van der Waals surface area (Å²) in [5, 5.41) is 0. The fourth-order valence-corrected chi connectivity index (χ4v) is 2.11. The van der Waals surface area contributed by atoms with Crippen molar-refractivity contribution in [3.05, 3.63) is 35.9 Å². The van der Waals surface area contributed by atoms with Gasteiger partial charge >= 0.3 is 0 Å². The summed E-state index contributed by atoms with van der Waals surface area (Å²) in [5.74, 6) is 0. The van der Waals surface area contributed by atoms with Crippen LogP contribution in [0.2, 0.25) is 0 Å². The Balaban J connectivity index is 2.00. The van der Waals surface area contributed by atoms with Crippen LogP contribution in [0.1, 0.15) is 44.1 Å². The van der Waals surface area contributed by atoms with E-state index in [2.05, 4.69) is 42.3 Å². The second-order valence-corrected chi connectivity index (χ2v) is 4.95. The van der Waals surface area contributed by atoms with Crippen molar-refractivity contribution in [2.45, 2.75) is 45.1 Å². The molecule has 0 radical (unpaired) electrons. The van der Waals surface area contributed by atoms with Crippen molar-refractivity contribution in [1.29, 1.82) is 0 Å². The summed E-state index contributed by atoms with van der Waals surface area (Å²) < 4.78 is 0. The maximum absolute atomic E-state index is 10.1. The highest BCUT2D eigenvalue weighted by molar-refractivity contribution is 5.48. The molecule has 1 aromatic carbocycles. The van der Waals surface area contributed by atoms with E-state index in [1.54, 1.807) is 0 Å². The molecule has 1 aromatic rings. The van der Waals surface area contributed by atoms with E-state index in [1.165, 1.54) is 31.2 Å². The molecule has 0 bridgehead atoms. The molecular formula is C16H25NO. The van der Waals surface area contributed by atoms with Gasteiger partial charge in [-0.15, -0.1) is 0 Å². The van der Waals surface area contributed by atoms with E-state index >= 15 is 0 Å². The smallest absolute Gasteiger partial charge is 0.119 e. The number of benzene rings is 1. The molecule has 0 saturated heterocycles. The standard InChI is InChI=1S/C16H25NO/c1-17(15-16-11-7-6-8-12-16)13-9-4-2-3-5-10-14-18/h6-8,11-12,14H,2-5,9-10,13,15H2,1H3. The van der Waals surface area contributed by atoms with Crippen LogP contribution in [-0.2, 0) is 11.3 Å². The normalized spacial score (nSPS) is 10.8. The first kappa shape index (κ1) is 14.9. The molecule has 0 aliphatic heterocycles. The first-order valence-electron chi connectivity index (χ1n) is 6.99. The molecule has 2 heteroatoms. The van der Waals surface area contributed by atoms with Crippen LogP contribution in [-0.4, -0.2) is 24.8 Å². The Morgan fingerprint density at radius 3 is 2.39 bits per heavy atom. The Labute approximate surface area is 111 Å². The molecule has 2 nitrogen and oxygen atoms in total. The Kier molecular flexibility index (Phi) is 8.15. The molecule has 0 aromatic heterocycles. The predicted octanol–water partition coefficient (Wildman–Crippen LogP) is 3.66. The van der Waals surface area contributed by atoms with E-state index in [4.69, 9.17) is 0 Å². The van der Waals surface area contributed by atoms with E-state index in [9.17, 15) is 4.79 Å². The molecule has 0 atom stereocenters. The largest absolute Gasteiger partial charge is 0.303 e. The lowest BCUT2D eigenvalue weighted by Crippen LogP contribution is -2.18. The van der Waals surface area contributed by atoms with Crippen molar-refractivity contribution in [2.75, 3.05) is 13.6 Å². The third kappa shape index (κ3) is 7.23. The zero-order valence-electron chi connectivity index (χ0n) is 11.5. The van der Waals surface area contributed by atoms with Crippen molar-refractivity contribution in [1.82, 2.24) is 4.90 Å². The zero-order valence-corrected chi connectivity index (χ0v) is 11.5. The van der Waals surface area contributed by atoms with Gasteiger partial charge in [-0.2, -0.15) is 0 Å². The van der Waals surface area contributed by atoms with Crippen LogP contribution in [0, 0.1) is 0 Å². The summed E-state index contributed by atoms with van der Waals surface area (Å²) in [4.78, 5) is 12.5. The van der Waals surface area contributed by atoms with Crippen molar-refractivity contribution in [2.24, 2.45) is 0 Å². The summed E-state index contributed by atoms with van der Waals surface area (Å²) in [6.45, 7) is 2.19. The molecule has 0 heterocycles. The zero-order chi connectivity index (χ0) is 13.1. The first-order chi connectivity index (χ1) is 8.83. The quantitative estimate of drug-likeness (QED) is 0.464. The molecule has 0 N–H and O–H groups in total. The second-order valence-electron chi connectivity index (χ2n) is 4.95. The van der Waals surface area contributed by atoms with Crippen LogP contribution >= 0.6 is 0 Å². The molecule has 0 fully saturated rings. The molecule has 0 aliphatic rings. The molecule has 0 amide bonds. The molecule has 0 saturated carbocycles. The van der Waals surface area contributed by atoms with Crippen LogP contribution < -0.4 is 0 Å². The summed E-state index contributed by atoms with van der Waals surface area (Å²) in [5.41, 5.74) is 1.38. The van der Waals surface area contributed by atoms with Crippen molar-refractivity contribution in [3.8, 4) is 0 Å². The number of hydrogen-bond donors (Lipinski definition) is 0. The first-order valence-corrected chi connectivity index (χ1v) is 6.99. The highest BCUT2D eigenvalue weighted by Gasteiger charge is 1.99. The average molecular weight is 247 g/mol. The summed E-state index contributed by atoms with van der Waals surface area (Å²) in [7, 11) is 2.18. The molecule has 0 unspecified atom stereocenters. The van der Waals surface area contributed by atoms with Gasteiger partial charge in [0.1, 0.15) is 6.29 Å². The Hall–Kier alpha value is -1.15. The van der Waals surface area contributed by atoms with Crippen molar-refractivity contribution >= 4 is 6.29 Å². The van der Waals surface area contributed by atoms with E-state index in [0.29, 0.717) is 0 Å². The lowest BCUT2D eigenvalue weighted by atomic mass is 10.1. The lowest BCUT2D eigenvalue weighted by molar-refractivity contribution is -0.107. The SMILES string of the molecule is CN(CCCCCCCC=O)Cc1ccccc1. The van der Waals surface area contributed by atoms with E-state index in [-0.39, 0.29) is 0 Å². The molecule has 100 valence electrons. The number of carbonyl (C=O) groups is 1. The minimum atomic E-state index is 0.730. The van der Waals surface area contributed by atoms with Crippen LogP contribution in [0.15, 0.2) is 30.3 Å². The molecule has 1 rings (SSSR count). The summed E-state index contributed by atoms with van der Waals surface area (Å²) >= 11 is 0. The molecule has 0 aliphatic carbocycles. The van der Waals surface area contributed by atoms with Gasteiger partial charge in [-0.25, -0.2) is 0 Å². The number of carbonyl (C=O) groups excluding carboxylic acids is 1. The van der Waals surface area contributed by atoms with Crippen LogP contribution in [0.5, 0.6) is 0 Å². The topological polar surface area (TPSA) is 20.3 Å². The number of aldehydes is 1. The third-order valence-corrected chi connectivity index (χ3v) is 3.16. The Morgan fingerprint density at radius 1 is 1.00 bits per heavy atom. The average Bonchev–Trinajstić information content (AvgIpc) is 2.39. The van der Waals surface area contributed by atoms with Crippen LogP contribution in [0.4, 0.5) is 0 Å². The Bertz CT molecular complexity index is 310. The van der Waals surface area contributed by atoms with Gasteiger partial charge in [-0.3, -0.25) is 0 Å². The van der Waals surface area contributed by atoms with Crippen molar-refractivity contribution in [3.63, 3.8) is 0 Å². The summed E-state index contributed by atoms with van der Waals surface area (Å²) in [6.07, 6.45) is 7.79. The minimum Gasteiger partial charge on any atom is -0.303 e. The van der Waals surface area contributed by atoms with Gasteiger partial charge in [0.15, 0.2) is 0 Å². The van der Waals surface area contributed by atoms with E-state index in [1.807, 2.05) is 0 Å². The Morgan fingerprint density at radius 2 is 1.67 bits per heavy atom. The van der Waals surface area contributed by atoms with Gasteiger partial charge in [0.2, 0.25) is 0 Å². The van der Waals surface area contributed by atoms with Gasteiger partial charge in [0.25, 0.3) is 0 Å². The fraction of sp³-hybridized carbons (Fsp3) is 0.562. The monoisotopic (exact) mass is 247 g/mol. The minimum absolute atomic E-state index is 0.730. The van der Waals surface area contributed by atoms with Gasteiger partial charge in [0, 0.05) is 13.0 Å². The van der Waals surface area contributed by atoms with Crippen LogP contribution in [0.3, 0.4) is 0 Å². The van der Waals surface area contributed by atoms with Gasteiger partial charge in [-0.05, 0) is 32.0 Å². The number of hydrogen-bond acceptors (Lipinski definition) is 2. The highest BCUT2D eigenvalue weighted by Crippen LogP contribution is 2.07. The fourth-order valence-electron chi connectivity index (χ4n) is 2.11. The summed E-state index contributed by atoms with van der Waals surface area (Å²) in [6, 6.07) is 10.6. The van der Waals surface area contributed by atoms with Gasteiger partial charge < -0.3 is 9.69 Å². The van der Waals surface area contributed by atoms with E-state index < -0.39 is 0 Å². The second kappa shape index (κ2) is 9.84. The number of rotatable bonds is 10. The van der Waals surface area contributed by atoms with Crippen molar-refractivity contribution < 1.29 is 4.79 Å². The third-order valence-electron chi connectivity index (χ3n) is 3.16. The number of nitrogens with zero attached hydrogens (tertiary/aromatic N) is 1. The molecular weight excluding hydrogens is 222 g/mol. The van der Waals surface area contributed by atoms with Gasteiger partial charge in [0.05, 0.1) is 0 Å². The lowest BCUT2D eigenvalue weighted by Gasteiger charge is -2.16. The predicted molar refractivity (Wildman–Crippen MR) is 76.5 cm³/mol. The molecule has 0 spiro atoms. The highest BCUT2D eigenvalue weighted by atomic mass is 16.1. The molecule has 18 heavy (non-hydrogen) atoms. The maximum atomic E-state index is 10.1. The number of unbranched alkanes of at least 4 members (excludes halogenated alkanes) is 5. The van der Waals surface area contributed by atoms with Gasteiger partial charge in [-0.1, -0.05) is 49.6 Å².